The molecule has 0 radical (unpaired) electrons. The van der Waals surface area contributed by atoms with E-state index in [0.717, 1.165) is 28.3 Å². The average molecular weight is 495 g/mol. The van der Waals surface area contributed by atoms with E-state index in [1.807, 2.05) is 62.1 Å². The number of hydrogen-bond acceptors (Lipinski definition) is 7. The van der Waals surface area contributed by atoms with E-state index in [1.54, 1.807) is 6.08 Å². The van der Waals surface area contributed by atoms with Gasteiger partial charge in [0.1, 0.15) is 17.3 Å². The van der Waals surface area contributed by atoms with Gasteiger partial charge < -0.3 is 14.6 Å². The van der Waals surface area contributed by atoms with Crippen LogP contribution in [0, 0.1) is 20.8 Å². The van der Waals surface area contributed by atoms with Crippen molar-refractivity contribution in [3.05, 3.63) is 58.8 Å². The summed E-state index contributed by atoms with van der Waals surface area (Å²) in [6.45, 7) is 8.71. The van der Waals surface area contributed by atoms with Crippen LogP contribution in [0.25, 0.3) is 12.2 Å². The first-order chi connectivity index (χ1) is 16.9. The number of aromatic amines is 1. The quantitative estimate of drug-likeness (QED) is 0.462. The number of piperazine rings is 1. The van der Waals surface area contributed by atoms with Crippen LogP contribution >= 0.6 is 11.8 Å². The van der Waals surface area contributed by atoms with E-state index in [4.69, 9.17) is 4.42 Å². The van der Waals surface area contributed by atoms with Crippen molar-refractivity contribution in [2.45, 2.75) is 25.9 Å². The standard InChI is InChI=1S/C25H30N6O3S/c1-17-5-4-6-18(2)24(17)27-22(32)15-30-11-13-31(14-12-30)23(33)16-35-25-26-21(28-29-25)10-9-20-8-7-19(3)34-20/h4-10H,11-16H2,1-3H3,(H,27,32)(H,26,28,29)/b10-9+. The van der Waals surface area contributed by atoms with Crippen molar-refractivity contribution >= 4 is 41.4 Å². The van der Waals surface area contributed by atoms with Gasteiger partial charge in [-0.25, -0.2) is 4.98 Å². The molecule has 1 aromatic carbocycles. The summed E-state index contributed by atoms with van der Waals surface area (Å²) in [4.78, 5) is 33.5. The van der Waals surface area contributed by atoms with Crippen LogP contribution in [0.15, 0.2) is 39.9 Å². The maximum atomic E-state index is 12.7. The third-order valence-corrected chi connectivity index (χ3v) is 6.64. The molecule has 10 heteroatoms. The van der Waals surface area contributed by atoms with E-state index < -0.39 is 0 Å². The van der Waals surface area contributed by atoms with Gasteiger partial charge in [-0.3, -0.25) is 19.6 Å². The predicted molar refractivity (Wildman–Crippen MR) is 137 cm³/mol. The molecule has 0 atom stereocenters. The highest BCUT2D eigenvalue weighted by Crippen LogP contribution is 2.20. The summed E-state index contributed by atoms with van der Waals surface area (Å²) in [6.07, 6.45) is 3.60. The second-order valence-corrected chi connectivity index (χ2v) is 9.49. The van der Waals surface area contributed by atoms with E-state index in [-0.39, 0.29) is 17.6 Å². The topological polar surface area (TPSA) is 107 Å². The zero-order chi connectivity index (χ0) is 24.8. The number of nitrogens with zero attached hydrogens (tertiary/aromatic N) is 4. The predicted octanol–water partition coefficient (Wildman–Crippen LogP) is 3.37. The molecule has 1 fully saturated rings. The minimum atomic E-state index is -0.0330. The number of anilines is 1. The van der Waals surface area contributed by atoms with E-state index >= 15 is 0 Å². The molecule has 2 N–H and O–H groups in total. The van der Waals surface area contributed by atoms with Crippen molar-refractivity contribution in [1.29, 1.82) is 0 Å². The summed E-state index contributed by atoms with van der Waals surface area (Å²) in [5.74, 6) is 2.47. The second-order valence-electron chi connectivity index (χ2n) is 8.55. The highest BCUT2D eigenvalue weighted by molar-refractivity contribution is 7.99. The molecule has 0 spiro atoms. The molecule has 1 aliphatic rings. The van der Waals surface area contributed by atoms with Crippen LogP contribution in [0.4, 0.5) is 5.69 Å². The first kappa shape index (κ1) is 24.7. The number of thioether (sulfide) groups is 1. The van der Waals surface area contributed by atoms with Gasteiger partial charge in [0, 0.05) is 31.9 Å². The number of furan rings is 1. The zero-order valence-corrected chi connectivity index (χ0v) is 21.0. The highest BCUT2D eigenvalue weighted by Gasteiger charge is 2.23. The molecule has 3 aromatic rings. The van der Waals surface area contributed by atoms with Crippen molar-refractivity contribution in [1.82, 2.24) is 25.0 Å². The maximum absolute atomic E-state index is 12.7. The van der Waals surface area contributed by atoms with Crippen LogP contribution < -0.4 is 5.32 Å². The van der Waals surface area contributed by atoms with Crippen LogP contribution in [-0.2, 0) is 9.59 Å². The van der Waals surface area contributed by atoms with Gasteiger partial charge in [-0.15, -0.1) is 5.10 Å². The number of para-hydroxylation sites is 1. The zero-order valence-electron chi connectivity index (χ0n) is 20.2. The van der Waals surface area contributed by atoms with Crippen molar-refractivity contribution in [3.63, 3.8) is 0 Å². The fourth-order valence-electron chi connectivity index (χ4n) is 3.87. The van der Waals surface area contributed by atoms with Crippen LogP contribution in [0.2, 0.25) is 0 Å². The van der Waals surface area contributed by atoms with Gasteiger partial charge in [0.2, 0.25) is 17.0 Å². The van der Waals surface area contributed by atoms with Crippen LogP contribution in [0.5, 0.6) is 0 Å². The Kier molecular flexibility index (Phi) is 8.04. The summed E-state index contributed by atoms with van der Waals surface area (Å²) in [5.41, 5.74) is 2.98. The lowest BCUT2D eigenvalue weighted by Crippen LogP contribution is -2.50. The SMILES string of the molecule is Cc1ccc(/C=C/c2nc(SCC(=O)N3CCN(CC(=O)Nc4c(C)cccc4C)CC3)n[nH]2)o1. The monoisotopic (exact) mass is 494 g/mol. The number of aromatic nitrogens is 3. The molecule has 0 bridgehead atoms. The molecule has 0 unspecified atom stereocenters. The van der Waals surface area contributed by atoms with Crippen molar-refractivity contribution in [3.8, 4) is 0 Å². The number of H-pyrrole nitrogens is 1. The van der Waals surface area contributed by atoms with Crippen molar-refractivity contribution in [2.24, 2.45) is 0 Å². The van der Waals surface area contributed by atoms with Crippen LogP contribution in [0.1, 0.15) is 28.5 Å². The lowest BCUT2D eigenvalue weighted by atomic mass is 10.1. The smallest absolute Gasteiger partial charge is 0.238 e. The molecular formula is C25H30N6O3S. The number of hydrogen-bond donors (Lipinski definition) is 2. The maximum Gasteiger partial charge on any atom is 0.238 e. The molecule has 0 aliphatic carbocycles. The molecule has 35 heavy (non-hydrogen) atoms. The molecule has 1 aliphatic heterocycles. The van der Waals surface area contributed by atoms with Gasteiger partial charge in [0.05, 0.1) is 12.3 Å². The highest BCUT2D eigenvalue weighted by atomic mass is 32.2. The second kappa shape index (κ2) is 11.4. The first-order valence-electron chi connectivity index (χ1n) is 11.5. The molecule has 2 amide bonds. The van der Waals surface area contributed by atoms with Crippen molar-refractivity contribution < 1.29 is 14.0 Å². The van der Waals surface area contributed by atoms with Gasteiger partial charge >= 0.3 is 0 Å². The molecule has 1 saturated heterocycles. The Labute approximate surface area is 209 Å². The first-order valence-corrected chi connectivity index (χ1v) is 12.5. The number of rotatable bonds is 8. The van der Waals surface area contributed by atoms with Crippen LogP contribution in [-0.4, -0.2) is 75.3 Å². The number of carbonyl (C=O) groups excluding carboxylic acids is 2. The van der Waals surface area contributed by atoms with E-state index in [1.165, 1.54) is 11.8 Å². The Bertz CT molecular complexity index is 1190. The summed E-state index contributed by atoms with van der Waals surface area (Å²) < 4.78 is 5.49. The van der Waals surface area contributed by atoms with Crippen LogP contribution in [0.3, 0.4) is 0 Å². The third kappa shape index (κ3) is 6.83. The van der Waals surface area contributed by atoms with Gasteiger partial charge in [-0.05, 0) is 56.2 Å². The lowest BCUT2D eigenvalue weighted by molar-refractivity contribution is -0.130. The molecule has 3 heterocycles. The lowest BCUT2D eigenvalue weighted by Gasteiger charge is -2.34. The summed E-state index contributed by atoms with van der Waals surface area (Å²) in [5, 5.41) is 10.6. The molecule has 2 aromatic heterocycles. The fourth-order valence-corrected chi connectivity index (χ4v) is 4.58. The minimum absolute atomic E-state index is 0.0330. The molecule has 184 valence electrons. The number of aryl methyl sites for hydroxylation is 3. The normalized spacial score (nSPS) is 14.5. The Morgan fingerprint density at radius 2 is 1.83 bits per heavy atom. The number of amides is 2. The average Bonchev–Trinajstić information content (AvgIpc) is 3.47. The minimum Gasteiger partial charge on any atom is -0.462 e. The van der Waals surface area contributed by atoms with Crippen molar-refractivity contribution in [2.75, 3.05) is 43.8 Å². The Balaban J connectivity index is 1.19. The fraction of sp³-hybridized carbons (Fsp3) is 0.360. The van der Waals surface area contributed by atoms with Gasteiger partial charge in [-0.1, -0.05) is 30.0 Å². The molecular weight excluding hydrogens is 464 g/mol. The molecule has 9 nitrogen and oxygen atoms in total. The van der Waals surface area contributed by atoms with Gasteiger partial charge in [-0.2, -0.15) is 0 Å². The van der Waals surface area contributed by atoms with Gasteiger partial charge in [0.25, 0.3) is 0 Å². The molecule has 4 rings (SSSR count). The Morgan fingerprint density at radius 1 is 1.09 bits per heavy atom. The molecule has 0 saturated carbocycles. The van der Waals surface area contributed by atoms with E-state index in [2.05, 4.69) is 25.4 Å². The number of benzene rings is 1. The van der Waals surface area contributed by atoms with E-state index in [0.29, 0.717) is 43.7 Å². The Hall–Kier alpha value is -3.37. The third-order valence-electron chi connectivity index (χ3n) is 5.81. The van der Waals surface area contributed by atoms with E-state index in [9.17, 15) is 9.59 Å². The van der Waals surface area contributed by atoms with Gasteiger partial charge in [0.15, 0.2) is 0 Å². The largest absolute Gasteiger partial charge is 0.462 e. The summed E-state index contributed by atoms with van der Waals surface area (Å²) in [7, 11) is 0. The Morgan fingerprint density at radius 3 is 2.51 bits per heavy atom. The number of carbonyl (C=O) groups is 2. The summed E-state index contributed by atoms with van der Waals surface area (Å²) in [6, 6.07) is 9.74. The summed E-state index contributed by atoms with van der Waals surface area (Å²) >= 11 is 1.30. The number of nitrogens with one attached hydrogen (secondary N) is 2.